The van der Waals surface area contributed by atoms with E-state index in [1.807, 2.05) is 19.1 Å². The fourth-order valence-corrected chi connectivity index (χ4v) is 2.68. The lowest BCUT2D eigenvalue weighted by Crippen LogP contribution is -2.22. The Morgan fingerprint density at radius 1 is 1.32 bits per heavy atom. The molecule has 2 N–H and O–H groups in total. The molecule has 0 bridgehead atoms. The van der Waals surface area contributed by atoms with E-state index >= 15 is 0 Å². The topological polar surface area (TPSA) is 69.4 Å². The van der Waals surface area contributed by atoms with E-state index in [0.29, 0.717) is 5.75 Å². The molecule has 0 unspecified atom stereocenters. The molecule has 0 fully saturated rings. The van der Waals surface area contributed by atoms with Crippen LogP contribution in [0.5, 0.6) is 5.75 Å². The molecule has 0 aliphatic carbocycles. The average molecular weight is 350 g/mol. The van der Waals surface area contributed by atoms with Gasteiger partial charge < -0.3 is 10.5 Å². The van der Waals surface area contributed by atoms with Crippen LogP contribution in [0, 0.1) is 0 Å². The molecule has 6 heteroatoms. The summed E-state index contributed by atoms with van der Waals surface area (Å²) in [5.74, 6) is 0.649. The van der Waals surface area contributed by atoms with E-state index in [9.17, 15) is 8.42 Å². The summed E-state index contributed by atoms with van der Waals surface area (Å²) in [5.41, 5.74) is 6.73. The second-order valence-corrected chi connectivity index (χ2v) is 8.33. The highest BCUT2D eigenvalue weighted by Crippen LogP contribution is 2.27. The van der Waals surface area contributed by atoms with Gasteiger partial charge in [-0.2, -0.15) is 0 Å². The summed E-state index contributed by atoms with van der Waals surface area (Å²) in [6.45, 7) is 5.34. The van der Waals surface area contributed by atoms with Crippen LogP contribution in [0.4, 0.5) is 0 Å². The quantitative estimate of drug-likeness (QED) is 0.856. The molecule has 1 aromatic rings. The SMILES string of the molecule is CC(C)S(=O)(=O)CCOc1ccc(Br)cc1[C@@H](C)N. The van der Waals surface area contributed by atoms with Crippen LogP contribution in [0.1, 0.15) is 32.4 Å². The Morgan fingerprint density at radius 3 is 2.47 bits per heavy atom. The molecule has 0 radical (unpaired) electrons. The number of benzene rings is 1. The predicted molar refractivity (Wildman–Crippen MR) is 81.2 cm³/mol. The van der Waals surface area contributed by atoms with Gasteiger partial charge in [0.05, 0.1) is 11.0 Å². The van der Waals surface area contributed by atoms with Gasteiger partial charge in [0, 0.05) is 16.1 Å². The minimum absolute atomic E-state index is 0.0130. The van der Waals surface area contributed by atoms with Crippen LogP contribution < -0.4 is 10.5 Å². The first-order valence-corrected chi connectivity index (χ1v) is 8.64. The molecule has 108 valence electrons. The normalized spacial score (nSPS) is 13.6. The van der Waals surface area contributed by atoms with Crippen molar-refractivity contribution in [3.63, 3.8) is 0 Å². The number of halogens is 1. The third kappa shape index (κ3) is 4.78. The van der Waals surface area contributed by atoms with Crippen LogP contribution in [0.3, 0.4) is 0 Å². The van der Waals surface area contributed by atoms with Gasteiger partial charge in [-0.15, -0.1) is 0 Å². The lowest BCUT2D eigenvalue weighted by molar-refractivity contribution is 0.335. The third-order valence-corrected chi connectivity index (χ3v) is 5.47. The summed E-state index contributed by atoms with van der Waals surface area (Å²) in [7, 11) is -3.08. The van der Waals surface area contributed by atoms with Gasteiger partial charge in [-0.25, -0.2) is 8.42 Å². The molecule has 0 aromatic heterocycles. The summed E-state index contributed by atoms with van der Waals surface area (Å²) in [4.78, 5) is 0. The minimum Gasteiger partial charge on any atom is -0.492 e. The molecule has 0 amide bonds. The van der Waals surface area contributed by atoms with Crippen molar-refractivity contribution in [2.45, 2.75) is 32.1 Å². The number of sulfone groups is 1. The fraction of sp³-hybridized carbons (Fsp3) is 0.538. The number of nitrogens with two attached hydrogens (primary N) is 1. The zero-order valence-corrected chi connectivity index (χ0v) is 13.8. The Balaban J connectivity index is 2.74. The van der Waals surface area contributed by atoms with Crippen molar-refractivity contribution in [3.05, 3.63) is 28.2 Å². The highest BCUT2D eigenvalue weighted by Gasteiger charge is 2.16. The average Bonchev–Trinajstić information content (AvgIpc) is 2.30. The van der Waals surface area contributed by atoms with Crippen LogP contribution in [-0.4, -0.2) is 26.0 Å². The van der Waals surface area contributed by atoms with Gasteiger partial charge in [0.15, 0.2) is 9.84 Å². The standard InChI is InChI=1S/C13H20BrNO3S/c1-9(2)19(16,17)7-6-18-13-5-4-11(14)8-12(13)10(3)15/h4-5,8-10H,6-7,15H2,1-3H3/t10-/m1/s1. The molecule has 4 nitrogen and oxygen atoms in total. The van der Waals surface area contributed by atoms with E-state index in [4.69, 9.17) is 10.5 Å². The van der Waals surface area contributed by atoms with Gasteiger partial charge in [-0.3, -0.25) is 0 Å². The van der Waals surface area contributed by atoms with Gasteiger partial charge in [0.2, 0.25) is 0 Å². The first-order valence-electron chi connectivity index (χ1n) is 6.13. The molecule has 1 aromatic carbocycles. The first kappa shape index (κ1) is 16.5. The van der Waals surface area contributed by atoms with Gasteiger partial charge >= 0.3 is 0 Å². The first-order chi connectivity index (χ1) is 8.74. The number of rotatable bonds is 6. The van der Waals surface area contributed by atoms with Gasteiger partial charge in [0.1, 0.15) is 12.4 Å². The molecule has 0 saturated heterocycles. The zero-order valence-electron chi connectivity index (χ0n) is 11.4. The van der Waals surface area contributed by atoms with E-state index in [1.54, 1.807) is 19.9 Å². The van der Waals surface area contributed by atoms with Gasteiger partial charge in [0.25, 0.3) is 0 Å². The Labute approximate surface area is 123 Å². The van der Waals surface area contributed by atoms with Gasteiger partial charge in [-0.05, 0) is 39.0 Å². The van der Waals surface area contributed by atoms with Crippen LogP contribution in [0.15, 0.2) is 22.7 Å². The van der Waals surface area contributed by atoms with Crippen molar-refractivity contribution in [1.82, 2.24) is 0 Å². The maximum Gasteiger partial charge on any atom is 0.155 e. The summed E-state index contributed by atoms with van der Waals surface area (Å²) < 4.78 is 29.8. The summed E-state index contributed by atoms with van der Waals surface area (Å²) in [6, 6.07) is 5.36. The lowest BCUT2D eigenvalue weighted by Gasteiger charge is -2.15. The molecular weight excluding hydrogens is 330 g/mol. The summed E-state index contributed by atoms with van der Waals surface area (Å²) in [6.07, 6.45) is 0. The molecule has 0 spiro atoms. The van der Waals surface area contributed by atoms with Crippen molar-refractivity contribution in [1.29, 1.82) is 0 Å². The van der Waals surface area contributed by atoms with E-state index in [1.165, 1.54) is 0 Å². The molecule has 1 rings (SSSR count). The number of hydrogen-bond acceptors (Lipinski definition) is 4. The van der Waals surface area contributed by atoms with E-state index in [0.717, 1.165) is 10.0 Å². The molecular formula is C13H20BrNO3S. The smallest absolute Gasteiger partial charge is 0.155 e. The number of ether oxygens (including phenoxy) is 1. The Bertz CT molecular complexity index is 527. The lowest BCUT2D eigenvalue weighted by atomic mass is 10.1. The van der Waals surface area contributed by atoms with Gasteiger partial charge in [-0.1, -0.05) is 15.9 Å². The fourth-order valence-electron chi connectivity index (χ4n) is 1.51. The molecule has 0 saturated carbocycles. The van der Waals surface area contributed by atoms with Crippen molar-refractivity contribution in [2.75, 3.05) is 12.4 Å². The monoisotopic (exact) mass is 349 g/mol. The molecule has 1 atom stereocenters. The van der Waals surface area contributed by atoms with Crippen molar-refractivity contribution >= 4 is 25.8 Å². The van der Waals surface area contributed by atoms with Crippen LogP contribution >= 0.6 is 15.9 Å². The Hall–Kier alpha value is -0.590. The van der Waals surface area contributed by atoms with E-state index < -0.39 is 9.84 Å². The summed E-state index contributed by atoms with van der Waals surface area (Å²) in [5, 5.41) is -0.381. The van der Waals surface area contributed by atoms with E-state index in [2.05, 4.69) is 15.9 Å². The third-order valence-electron chi connectivity index (χ3n) is 2.81. The molecule has 0 aliphatic heterocycles. The predicted octanol–water partition coefficient (Wildman–Crippen LogP) is 2.67. The highest BCUT2D eigenvalue weighted by molar-refractivity contribution is 9.10. The van der Waals surface area contributed by atoms with Crippen LogP contribution in [0.2, 0.25) is 0 Å². The number of hydrogen-bond donors (Lipinski definition) is 1. The summed E-state index contributed by atoms with van der Waals surface area (Å²) >= 11 is 3.38. The van der Waals surface area contributed by atoms with E-state index in [-0.39, 0.29) is 23.7 Å². The van der Waals surface area contributed by atoms with Crippen molar-refractivity contribution in [2.24, 2.45) is 5.73 Å². The van der Waals surface area contributed by atoms with Crippen molar-refractivity contribution < 1.29 is 13.2 Å². The highest BCUT2D eigenvalue weighted by atomic mass is 79.9. The Kier molecular flexibility index (Phi) is 5.82. The maximum atomic E-state index is 11.7. The zero-order chi connectivity index (χ0) is 14.6. The second kappa shape index (κ2) is 6.72. The maximum absolute atomic E-state index is 11.7. The van der Waals surface area contributed by atoms with Crippen LogP contribution in [-0.2, 0) is 9.84 Å². The largest absolute Gasteiger partial charge is 0.492 e. The molecule has 0 aliphatic rings. The van der Waals surface area contributed by atoms with Crippen molar-refractivity contribution in [3.8, 4) is 5.75 Å². The minimum atomic E-state index is -3.08. The van der Waals surface area contributed by atoms with Crippen LogP contribution in [0.25, 0.3) is 0 Å². The molecule has 0 heterocycles. The second-order valence-electron chi connectivity index (χ2n) is 4.74. The Morgan fingerprint density at radius 2 is 1.95 bits per heavy atom. The molecule has 19 heavy (non-hydrogen) atoms.